The predicted octanol–water partition coefficient (Wildman–Crippen LogP) is 2.89. The second-order valence-corrected chi connectivity index (χ2v) is 4.63. The molecule has 0 fully saturated rings. The second kappa shape index (κ2) is 5.10. The van der Waals surface area contributed by atoms with Gasteiger partial charge in [0.05, 0.1) is 24.1 Å². The topological polar surface area (TPSA) is 39.2 Å². The Morgan fingerprint density at radius 2 is 2.35 bits per heavy atom. The molecule has 2 aromatic heterocycles. The molecule has 0 aromatic carbocycles. The molecule has 4 heteroatoms. The number of thiophene rings is 1. The normalized spacial score (nSPS) is 10.2. The molecule has 0 radical (unpaired) electrons. The summed E-state index contributed by atoms with van der Waals surface area (Å²) in [6.45, 7) is 1.96. The lowest BCUT2D eigenvalue weighted by atomic mass is 10.1. The maximum Gasteiger partial charge on any atom is 0.178 e. The molecule has 3 nitrogen and oxygen atoms in total. The first-order chi connectivity index (χ1) is 8.20. The van der Waals surface area contributed by atoms with Gasteiger partial charge in [0, 0.05) is 17.6 Å². The van der Waals surface area contributed by atoms with E-state index >= 15 is 0 Å². The van der Waals surface area contributed by atoms with E-state index < -0.39 is 0 Å². The van der Waals surface area contributed by atoms with Crippen molar-refractivity contribution in [2.24, 2.45) is 0 Å². The van der Waals surface area contributed by atoms with Crippen molar-refractivity contribution in [3.63, 3.8) is 0 Å². The smallest absolute Gasteiger partial charge is 0.178 e. The van der Waals surface area contributed by atoms with Crippen LogP contribution in [0.5, 0.6) is 5.75 Å². The third kappa shape index (κ3) is 2.71. The molecule has 0 bridgehead atoms. The molecule has 0 aliphatic heterocycles. The summed E-state index contributed by atoms with van der Waals surface area (Å²) in [5.74, 6) is 0.816. The largest absolute Gasteiger partial charge is 0.496 e. The van der Waals surface area contributed by atoms with Crippen LogP contribution in [-0.2, 0) is 6.42 Å². The van der Waals surface area contributed by atoms with Crippen molar-refractivity contribution < 1.29 is 9.53 Å². The van der Waals surface area contributed by atoms with Crippen molar-refractivity contribution in [1.82, 2.24) is 4.98 Å². The highest BCUT2D eigenvalue weighted by Gasteiger charge is 2.12. The highest BCUT2D eigenvalue weighted by atomic mass is 32.1. The second-order valence-electron chi connectivity index (χ2n) is 3.72. The number of carbonyl (C=O) groups is 1. The van der Waals surface area contributed by atoms with Crippen LogP contribution in [0, 0.1) is 6.92 Å². The zero-order valence-electron chi connectivity index (χ0n) is 9.77. The fraction of sp³-hybridized carbons (Fsp3) is 0.231. The summed E-state index contributed by atoms with van der Waals surface area (Å²) in [4.78, 5) is 16.9. The summed E-state index contributed by atoms with van der Waals surface area (Å²) in [7, 11) is 1.60. The van der Waals surface area contributed by atoms with Crippen molar-refractivity contribution in [3.8, 4) is 5.75 Å². The van der Waals surface area contributed by atoms with Gasteiger partial charge in [-0.1, -0.05) is 6.07 Å². The molecular weight excluding hydrogens is 234 g/mol. The lowest BCUT2D eigenvalue weighted by Gasteiger charge is -2.01. The molecule has 0 N–H and O–H groups in total. The van der Waals surface area contributed by atoms with Gasteiger partial charge in [0.1, 0.15) is 5.75 Å². The number of pyridine rings is 1. The monoisotopic (exact) mass is 247 g/mol. The van der Waals surface area contributed by atoms with Crippen molar-refractivity contribution >= 4 is 17.1 Å². The molecule has 88 valence electrons. The van der Waals surface area contributed by atoms with E-state index in [1.807, 2.05) is 24.4 Å². The first-order valence-corrected chi connectivity index (χ1v) is 6.15. The molecule has 0 aliphatic carbocycles. The number of methoxy groups -OCH3 is 1. The van der Waals surface area contributed by atoms with Crippen LogP contribution in [0.3, 0.4) is 0 Å². The highest BCUT2D eigenvalue weighted by molar-refractivity contribution is 7.12. The summed E-state index contributed by atoms with van der Waals surface area (Å²) in [5.41, 5.74) is 1.88. The summed E-state index contributed by atoms with van der Waals surface area (Å²) in [5, 5.41) is 1.83. The van der Waals surface area contributed by atoms with E-state index in [9.17, 15) is 4.79 Å². The zero-order chi connectivity index (χ0) is 12.3. The Hall–Kier alpha value is -1.68. The number of aryl methyl sites for hydroxylation is 1. The third-order valence-electron chi connectivity index (χ3n) is 2.53. The number of ketones is 1. The van der Waals surface area contributed by atoms with Gasteiger partial charge in [-0.05, 0) is 18.6 Å². The van der Waals surface area contributed by atoms with E-state index in [4.69, 9.17) is 4.74 Å². The van der Waals surface area contributed by atoms with Crippen LogP contribution in [0.4, 0.5) is 0 Å². The Morgan fingerprint density at radius 1 is 1.53 bits per heavy atom. The van der Waals surface area contributed by atoms with Crippen molar-refractivity contribution in [2.75, 3.05) is 7.11 Å². The highest BCUT2D eigenvalue weighted by Crippen LogP contribution is 2.22. The maximum atomic E-state index is 12.0. The van der Waals surface area contributed by atoms with Gasteiger partial charge in [0.15, 0.2) is 5.78 Å². The molecule has 2 rings (SSSR count). The minimum Gasteiger partial charge on any atom is -0.496 e. The molecule has 0 aliphatic rings. The maximum absolute atomic E-state index is 12.0. The van der Waals surface area contributed by atoms with Gasteiger partial charge in [-0.25, -0.2) is 0 Å². The molecule has 0 unspecified atom stereocenters. The molecule has 0 spiro atoms. The van der Waals surface area contributed by atoms with Crippen LogP contribution in [0.1, 0.15) is 20.9 Å². The zero-order valence-corrected chi connectivity index (χ0v) is 10.6. The molecule has 2 aromatic rings. The summed E-state index contributed by atoms with van der Waals surface area (Å²) < 4.78 is 5.06. The first kappa shape index (κ1) is 11.8. The van der Waals surface area contributed by atoms with E-state index in [2.05, 4.69) is 4.98 Å². The van der Waals surface area contributed by atoms with Gasteiger partial charge in [-0.2, -0.15) is 0 Å². The summed E-state index contributed by atoms with van der Waals surface area (Å²) in [6, 6.07) is 5.60. The van der Waals surface area contributed by atoms with Crippen LogP contribution >= 0.6 is 11.3 Å². The first-order valence-electron chi connectivity index (χ1n) is 5.27. The van der Waals surface area contributed by atoms with E-state index in [0.717, 1.165) is 17.0 Å². The number of rotatable bonds is 4. The van der Waals surface area contributed by atoms with Crippen LogP contribution in [0.2, 0.25) is 0 Å². The van der Waals surface area contributed by atoms with Gasteiger partial charge in [-0.3, -0.25) is 9.78 Å². The minimum atomic E-state index is 0.0834. The van der Waals surface area contributed by atoms with E-state index in [0.29, 0.717) is 11.3 Å². The number of carbonyl (C=O) groups excluding carboxylic acids is 1. The van der Waals surface area contributed by atoms with Crippen molar-refractivity contribution in [2.45, 2.75) is 13.3 Å². The summed E-state index contributed by atoms with van der Waals surface area (Å²) in [6.07, 6.45) is 2.06. The van der Waals surface area contributed by atoms with Gasteiger partial charge in [0.2, 0.25) is 0 Å². The van der Waals surface area contributed by atoms with Crippen molar-refractivity contribution in [1.29, 1.82) is 0 Å². The minimum absolute atomic E-state index is 0.0834. The van der Waals surface area contributed by atoms with E-state index in [-0.39, 0.29) is 5.78 Å². The Balaban J connectivity index is 2.14. The van der Waals surface area contributed by atoms with Crippen LogP contribution in [-0.4, -0.2) is 17.9 Å². The van der Waals surface area contributed by atoms with Gasteiger partial charge < -0.3 is 4.74 Å². The van der Waals surface area contributed by atoms with Crippen LogP contribution < -0.4 is 4.74 Å². The average molecular weight is 247 g/mol. The Bertz CT molecular complexity index is 534. The third-order valence-corrected chi connectivity index (χ3v) is 3.48. The number of Topliss-reactive ketones (excluding diaryl/α,β-unsaturated/α-hetero) is 1. The lowest BCUT2D eigenvalue weighted by Crippen LogP contribution is -2.04. The number of aromatic nitrogens is 1. The number of hydrogen-bond donors (Lipinski definition) is 0. The Morgan fingerprint density at radius 3 is 3.00 bits per heavy atom. The quantitative estimate of drug-likeness (QED) is 0.780. The van der Waals surface area contributed by atoms with Gasteiger partial charge in [-0.15, -0.1) is 11.3 Å². The van der Waals surface area contributed by atoms with Gasteiger partial charge >= 0.3 is 0 Å². The fourth-order valence-electron chi connectivity index (χ4n) is 1.51. The predicted molar refractivity (Wildman–Crippen MR) is 67.9 cm³/mol. The number of hydrogen-bond acceptors (Lipinski definition) is 4. The van der Waals surface area contributed by atoms with Crippen LogP contribution in [0.15, 0.2) is 29.8 Å². The lowest BCUT2D eigenvalue weighted by molar-refractivity contribution is 0.0995. The van der Waals surface area contributed by atoms with Crippen molar-refractivity contribution in [3.05, 3.63) is 45.9 Å². The SMILES string of the molecule is COc1csc(C(=O)Cc2ncccc2C)c1. The molecule has 0 saturated heterocycles. The van der Waals surface area contributed by atoms with E-state index in [1.54, 1.807) is 19.4 Å². The molecule has 2 heterocycles. The van der Waals surface area contributed by atoms with Crippen LogP contribution in [0.25, 0.3) is 0 Å². The van der Waals surface area contributed by atoms with E-state index in [1.165, 1.54) is 11.3 Å². The molecule has 0 saturated carbocycles. The average Bonchev–Trinajstić information content (AvgIpc) is 2.81. The fourth-order valence-corrected chi connectivity index (χ4v) is 2.31. The summed E-state index contributed by atoms with van der Waals surface area (Å²) >= 11 is 1.41. The standard InChI is InChI=1S/C13H13NO2S/c1-9-4-3-5-14-11(9)7-12(15)13-6-10(16-2)8-17-13/h3-6,8H,7H2,1-2H3. The Kier molecular flexibility index (Phi) is 3.54. The molecule has 0 amide bonds. The number of nitrogens with zero attached hydrogens (tertiary/aromatic N) is 1. The molecule has 17 heavy (non-hydrogen) atoms. The molecular formula is C13H13NO2S. The molecule has 0 atom stereocenters. The van der Waals surface area contributed by atoms with Gasteiger partial charge in [0.25, 0.3) is 0 Å². The number of ether oxygens (including phenoxy) is 1. The Labute approximate surface area is 104 Å².